The van der Waals surface area contributed by atoms with Gasteiger partial charge in [0.15, 0.2) is 0 Å². The Kier molecular flexibility index (Phi) is 17.5. The van der Waals surface area contributed by atoms with Gasteiger partial charge in [0.05, 0.1) is 5.92 Å². The van der Waals surface area contributed by atoms with E-state index in [0.717, 1.165) is 25.2 Å². The first kappa shape index (κ1) is 32.2. The first-order valence-electron chi connectivity index (χ1n) is 13.2. The zero-order valence-corrected chi connectivity index (χ0v) is 24.4. The third kappa shape index (κ3) is 12.6. The molecule has 0 amide bonds. The van der Waals surface area contributed by atoms with Crippen molar-refractivity contribution in [1.29, 1.82) is 0 Å². The highest BCUT2D eigenvalue weighted by Gasteiger charge is 2.15. The molecule has 0 heterocycles. The lowest BCUT2D eigenvalue weighted by Gasteiger charge is -2.13. The van der Waals surface area contributed by atoms with E-state index >= 15 is 0 Å². The molecule has 1 aliphatic carbocycles. The maximum absolute atomic E-state index is 12.4. The van der Waals surface area contributed by atoms with E-state index in [4.69, 9.17) is 0 Å². The fourth-order valence-electron chi connectivity index (χ4n) is 3.04. The smallest absolute Gasteiger partial charge is 0.143 e. The third-order valence-electron chi connectivity index (χ3n) is 5.23. The first-order valence-corrected chi connectivity index (χ1v) is 14.0. The Morgan fingerprint density at radius 1 is 0.971 bits per heavy atom. The molecule has 1 aromatic rings. The monoisotopic (exact) mass is 482 g/mol. The van der Waals surface area contributed by atoms with Crippen molar-refractivity contribution in [2.24, 2.45) is 11.8 Å². The van der Waals surface area contributed by atoms with Gasteiger partial charge in [-0.2, -0.15) is 0 Å². The lowest BCUT2D eigenvalue weighted by molar-refractivity contribution is -0.120. The molecule has 2 rings (SSSR count). The van der Waals surface area contributed by atoms with Crippen LogP contribution in [0.15, 0.2) is 69.5 Å². The highest BCUT2D eigenvalue weighted by molar-refractivity contribution is 8.03. The van der Waals surface area contributed by atoms with Crippen LogP contribution in [0.5, 0.6) is 0 Å². The molecule has 1 atom stereocenters. The van der Waals surface area contributed by atoms with Crippen LogP contribution in [-0.2, 0) is 4.79 Å². The standard InChI is InChI=1S/C25H32OS.C4H10.C3H8/c1-6-8-12-23(26)21-15-14-19(4)24(17-16-21)27-25-13-10-9-11-22(25)20(5)18(3)7-2;1-4(2)3;1-3-2/h9-11,13-17,21H,6-8,12H2,1-5H3;4H,1-3H3;3H2,1-2H3/b20-18+;;. The number of unbranched alkanes of at least 4 members (excludes halogenated alkanes) is 1. The van der Waals surface area contributed by atoms with Gasteiger partial charge in [0, 0.05) is 16.2 Å². The minimum atomic E-state index is -0.0937. The Morgan fingerprint density at radius 3 is 2.09 bits per heavy atom. The summed E-state index contributed by atoms with van der Waals surface area (Å²) in [6.45, 7) is 21.6. The van der Waals surface area contributed by atoms with Gasteiger partial charge in [0.25, 0.3) is 0 Å². The predicted molar refractivity (Wildman–Crippen MR) is 156 cm³/mol. The van der Waals surface area contributed by atoms with Crippen molar-refractivity contribution in [3.63, 3.8) is 0 Å². The van der Waals surface area contributed by atoms with Gasteiger partial charge in [-0.15, -0.1) is 0 Å². The van der Waals surface area contributed by atoms with Crippen LogP contribution in [0.4, 0.5) is 0 Å². The van der Waals surface area contributed by atoms with Crippen molar-refractivity contribution < 1.29 is 4.79 Å². The number of thioether (sulfide) groups is 1. The molecular formula is C32H50OS. The molecule has 0 radical (unpaired) electrons. The molecule has 0 spiro atoms. The van der Waals surface area contributed by atoms with Crippen LogP contribution in [0.2, 0.25) is 0 Å². The lowest BCUT2D eigenvalue weighted by atomic mass is 9.99. The highest BCUT2D eigenvalue weighted by Crippen LogP contribution is 2.37. The summed E-state index contributed by atoms with van der Waals surface area (Å²) in [5.41, 5.74) is 5.30. The summed E-state index contributed by atoms with van der Waals surface area (Å²) < 4.78 is 0. The number of rotatable bonds is 8. The number of benzene rings is 1. The van der Waals surface area contributed by atoms with E-state index in [1.807, 2.05) is 0 Å². The molecule has 0 N–H and O–H groups in total. The van der Waals surface area contributed by atoms with Crippen LogP contribution in [-0.4, -0.2) is 5.78 Å². The van der Waals surface area contributed by atoms with E-state index in [1.165, 1.54) is 38.5 Å². The second-order valence-electron chi connectivity index (χ2n) is 9.66. The molecule has 0 fully saturated rings. The largest absolute Gasteiger partial charge is 0.299 e. The van der Waals surface area contributed by atoms with E-state index in [2.05, 4.69) is 118 Å². The average molecular weight is 483 g/mol. The second-order valence-corrected chi connectivity index (χ2v) is 10.7. The fraction of sp³-hybridized carbons (Fsp3) is 0.531. The molecular weight excluding hydrogens is 432 g/mol. The van der Waals surface area contributed by atoms with Gasteiger partial charge in [0.1, 0.15) is 5.78 Å². The molecule has 190 valence electrons. The molecule has 0 aliphatic heterocycles. The molecule has 0 aromatic heterocycles. The molecule has 1 nitrogen and oxygen atoms in total. The summed E-state index contributed by atoms with van der Waals surface area (Å²) in [4.78, 5) is 14.9. The molecule has 0 bridgehead atoms. The van der Waals surface area contributed by atoms with Crippen LogP contribution < -0.4 is 0 Å². The highest BCUT2D eigenvalue weighted by atomic mass is 32.2. The van der Waals surface area contributed by atoms with Gasteiger partial charge < -0.3 is 0 Å². The molecule has 34 heavy (non-hydrogen) atoms. The normalized spacial score (nSPS) is 15.7. The maximum Gasteiger partial charge on any atom is 0.143 e. The molecule has 0 saturated heterocycles. The summed E-state index contributed by atoms with van der Waals surface area (Å²) in [6.07, 6.45) is 13.4. The number of Topliss-reactive ketones (excluding diaryl/α,β-unsaturated/α-hetero) is 1. The Labute approximate surface area is 215 Å². The van der Waals surface area contributed by atoms with E-state index in [0.29, 0.717) is 12.2 Å². The van der Waals surface area contributed by atoms with Crippen LogP contribution in [0.1, 0.15) is 107 Å². The van der Waals surface area contributed by atoms with Gasteiger partial charge in [-0.1, -0.05) is 121 Å². The molecule has 2 heteroatoms. The predicted octanol–water partition coefficient (Wildman–Crippen LogP) is 10.8. The van der Waals surface area contributed by atoms with Crippen molar-refractivity contribution >= 4 is 23.1 Å². The Balaban J connectivity index is 0.00000137. The zero-order valence-electron chi connectivity index (χ0n) is 23.6. The summed E-state index contributed by atoms with van der Waals surface area (Å²) in [5, 5.41) is 0. The summed E-state index contributed by atoms with van der Waals surface area (Å²) in [5.74, 6) is 1.06. The van der Waals surface area contributed by atoms with Gasteiger partial charge in [-0.25, -0.2) is 0 Å². The number of carbonyl (C=O) groups excluding carboxylic acids is 1. The fourth-order valence-corrected chi connectivity index (χ4v) is 4.13. The van der Waals surface area contributed by atoms with Crippen LogP contribution in [0.3, 0.4) is 0 Å². The minimum absolute atomic E-state index is 0.0937. The quantitative estimate of drug-likeness (QED) is 0.366. The van der Waals surface area contributed by atoms with Crippen molar-refractivity contribution in [2.45, 2.75) is 106 Å². The SMILES string of the molecule is CC(C)C.CCC.CCCCC(=O)C1C=CC(C)=C(Sc2ccccc2/C(C)=C(\C)CC)C=C1. The Morgan fingerprint density at radius 2 is 1.53 bits per heavy atom. The summed E-state index contributed by atoms with van der Waals surface area (Å²) >= 11 is 1.80. The van der Waals surface area contributed by atoms with Crippen molar-refractivity contribution in [3.8, 4) is 0 Å². The molecule has 1 aliphatic rings. The van der Waals surface area contributed by atoms with Crippen molar-refractivity contribution in [3.05, 3.63) is 70.2 Å². The maximum atomic E-state index is 12.4. The zero-order chi connectivity index (χ0) is 26.1. The van der Waals surface area contributed by atoms with Gasteiger partial charge >= 0.3 is 0 Å². The first-order chi connectivity index (χ1) is 16.1. The van der Waals surface area contributed by atoms with E-state index in [1.54, 1.807) is 11.8 Å². The van der Waals surface area contributed by atoms with Gasteiger partial charge in [-0.3, -0.25) is 4.79 Å². The average Bonchev–Trinajstić information content (AvgIpc) is 2.98. The minimum Gasteiger partial charge on any atom is -0.299 e. The van der Waals surface area contributed by atoms with E-state index in [9.17, 15) is 4.79 Å². The van der Waals surface area contributed by atoms with Crippen LogP contribution >= 0.6 is 11.8 Å². The number of hydrogen-bond acceptors (Lipinski definition) is 2. The summed E-state index contributed by atoms with van der Waals surface area (Å²) in [7, 11) is 0. The Hall–Kier alpha value is -1.80. The van der Waals surface area contributed by atoms with E-state index in [-0.39, 0.29) is 5.92 Å². The number of hydrogen-bond donors (Lipinski definition) is 0. The number of ketones is 1. The van der Waals surface area contributed by atoms with Crippen molar-refractivity contribution in [2.75, 3.05) is 0 Å². The lowest BCUT2D eigenvalue weighted by Crippen LogP contribution is -2.08. The van der Waals surface area contributed by atoms with Crippen LogP contribution in [0.25, 0.3) is 5.57 Å². The third-order valence-corrected chi connectivity index (χ3v) is 6.48. The van der Waals surface area contributed by atoms with Crippen molar-refractivity contribution in [1.82, 2.24) is 0 Å². The number of allylic oxidation sites excluding steroid dienone is 7. The molecule has 1 aromatic carbocycles. The van der Waals surface area contributed by atoms with Gasteiger partial charge in [-0.05, 0) is 62.3 Å². The summed E-state index contributed by atoms with van der Waals surface area (Å²) in [6, 6.07) is 8.61. The topological polar surface area (TPSA) is 17.1 Å². The molecule has 0 saturated carbocycles. The van der Waals surface area contributed by atoms with Crippen LogP contribution in [0, 0.1) is 11.8 Å². The van der Waals surface area contributed by atoms with E-state index < -0.39 is 0 Å². The second kappa shape index (κ2) is 18.5. The number of carbonyl (C=O) groups is 1. The Bertz CT molecular complexity index is 849. The van der Waals surface area contributed by atoms with Gasteiger partial charge in [0.2, 0.25) is 0 Å². The molecule has 1 unspecified atom stereocenters.